The number of hydrogen-bond acceptors (Lipinski definition) is 8. The van der Waals surface area contributed by atoms with E-state index >= 15 is 0 Å². The van der Waals surface area contributed by atoms with E-state index in [-0.39, 0.29) is 22.0 Å². The summed E-state index contributed by atoms with van der Waals surface area (Å²) in [4.78, 5) is 56.5. The van der Waals surface area contributed by atoms with E-state index in [1.165, 1.54) is 37.3 Å². The van der Waals surface area contributed by atoms with E-state index in [0.717, 1.165) is 12.1 Å². The predicted molar refractivity (Wildman–Crippen MR) is 108 cm³/mol. The summed E-state index contributed by atoms with van der Waals surface area (Å²) in [7, 11) is 0. The summed E-state index contributed by atoms with van der Waals surface area (Å²) < 4.78 is 4.79. The molecule has 0 bridgehead atoms. The van der Waals surface area contributed by atoms with Crippen molar-refractivity contribution < 1.29 is 29.0 Å². The number of ether oxygens (including phenoxy) is 1. The second-order valence-corrected chi connectivity index (χ2v) is 6.51. The SMILES string of the molecule is CC(NC(=O)c1cccc([N+](=O)[O-])c1)C(=O)OCC(=O)Nc1ccc(Cl)cc1[N+](=O)[O-]. The van der Waals surface area contributed by atoms with Gasteiger partial charge in [0.25, 0.3) is 23.2 Å². The molecule has 13 heteroatoms. The molecule has 0 aromatic heterocycles. The molecule has 0 aliphatic rings. The number of benzene rings is 2. The van der Waals surface area contributed by atoms with Gasteiger partial charge in [0, 0.05) is 28.8 Å². The van der Waals surface area contributed by atoms with Gasteiger partial charge in [-0.25, -0.2) is 4.79 Å². The Morgan fingerprint density at radius 1 is 1.10 bits per heavy atom. The first kappa shape index (κ1) is 23.2. The molecule has 0 saturated heterocycles. The number of carbonyl (C=O) groups is 3. The number of nitro benzene ring substituents is 2. The number of non-ortho nitro benzene ring substituents is 1. The Morgan fingerprint density at radius 3 is 2.45 bits per heavy atom. The van der Waals surface area contributed by atoms with Crippen LogP contribution >= 0.6 is 11.6 Å². The van der Waals surface area contributed by atoms with E-state index in [0.29, 0.717) is 0 Å². The van der Waals surface area contributed by atoms with Gasteiger partial charge >= 0.3 is 5.97 Å². The highest BCUT2D eigenvalue weighted by atomic mass is 35.5. The number of carbonyl (C=O) groups excluding carboxylic acids is 3. The molecule has 0 heterocycles. The molecule has 12 nitrogen and oxygen atoms in total. The number of nitrogens with zero attached hydrogens (tertiary/aromatic N) is 2. The van der Waals surface area contributed by atoms with Crippen molar-refractivity contribution >= 4 is 46.4 Å². The van der Waals surface area contributed by atoms with Crippen LogP contribution in [0.4, 0.5) is 17.1 Å². The number of hydrogen-bond donors (Lipinski definition) is 2. The number of anilines is 1. The van der Waals surface area contributed by atoms with Crippen LogP contribution < -0.4 is 10.6 Å². The molecule has 0 aliphatic heterocycles. The number of halogens is 1. The van der Waals surface area contributed by atoms with Crippen molar-refractivity contribution in [3.8, 4) is 0 Å². The van der Waals surface area contributed by atoms with Gasteiger partial charge in [-0.1, -0.05) is 17.7 Å². The van der Waals surface area contributed by atoms with Gasteiger partial charge in [-0.05, 0) is 25.1 Å². The zero-order valence-corrected chi connectivity index (χ0v) is 16.6. The summed E-state index contributed by atoms with van der Waals surface area (Å²) in [5, 5.41) is 26.4. The van der Waals surface area contributed by atoms with E-state index in [1.807, 2.05) is 0 Å². The maximum absolute atomic E-state index is 12.1. The van der Waals surface area contributed by atoms with Gasteiger partial charge in [-0.15, -0.1) is 0 Å². The van der Waals surface area contributed by atoms with E-state index in [4.69, 9.17) is 16.3 Å². The van der Waals surface area contributed by atoms with Crippen LogP contribution in [0.2, 0.25) is 5.02 Å². The van der Waals surface area contributed by atoms with Crippen LogP contribution in [0, 0.1) is 20.2 Å². The fraction of sp³-hybridized carbons (Fsp3) is 0.167. The average molecular weight is 451 g/mol. The molecule has 2 amide bonds. The van der Waals surface area contributed by atoms with Crippen LogP contribution in [0.5, 0.6) is 0 Å². The maximum Gasteiger partial charge on any atom is 0.328 e. The van der Waals surface area contributed by atoms with Gasteiger partial charge in [0.2, 0.25) is 0 Å². The topological polar surface area (TPSA) is 171 Å². The Balaban J connectivity index is 1.91. The summed E-state index contributed by atoms with van der Waals surface area (Å²) in [6.07, 6.45) is 0. The van der Waals surface area contributed by atoms with E-state index in [2.05, 4.69) is 10.6 Å². The van der Waals surface area contributed by atoms with E-state index in [9.17, 15) is 34.6 Å². The van der Waals surface area contributed by atoms with Gasteiger partial charge in [0.1, 0.15) is 11.7 Å². The van der Waals surface area contributed by atoms with Gasteiger partial charge in [-0.3, -0.25) is 29.8 Å². The monoisotopic (exact) mass is 450 g/mol. The minimum atomic E-state index is -1.18. The summed E-state index contributed by atoms with van der Waals surface area (Å²) in [5.41, 5.74) is -0.912. The second-order valence-electron chi connectivity index (χ2n) is 6.08. The number of nitro groups is 2. The molecular formula is C18H15ClN4O8. The molecule has 2 aromatic rings. The average Bonchev–Trinajstić information content (AvgIpc) is 2.73. The molecule has 1 atom stereocenters. The molecule has 2 aromatic carbocycles. The van der Waals surface area contributed by atoms with Crippen LogP contribution in [0.3, 0.4) is 0 Å². The number of amides is 2. The van der Waals surface area contributed by atoms with Crippen molar-refractivity contribution in [1.82, 2.24) is 5.32 Å². The molecule has 0 spiro atoms. The third kappa shape index (κ3) is 6.47. The molecule has 0 fully saturated rings. The first-order chi connectivity index (χ1) is 14.6. The minimum absolute atomic E-state index is 0.0401. The molecule has 162 valence electrons. The fourth-order valence-electron chi connectivity index (χ4n) is 2.31. The highest BCUT2D eigenvalue weighted by Crippen LogP contribution is 2.27. The van der Waals surface area contributed by atoms with Crippen molar-refractivity contribution in [2.75, 3.05) is 11.9 Å². The first-order valence-corrected chi connectivity index (χ1v) is 8.92. The smallest absolute Gasteiger partial charge is 0.328 e. The van der Waals surface area contributed by atoms with Crippen LogP contribution in [-0.2, 0) is 14.3 Å². The lowest BCUT2D eigenvalue weighted by Gasteiger charge is -2.13. The molecule has 31 heavy (non-hydrogen) atoms. The molecular weight excluding hydrogens is 436 g/mol. The highest BCUT2D eigenvalue weighted by Gasteiger charge is 2.21. The second kappa shape index (κ2) is 10.1. The summed E-state index contributed by atoms with van der Waals surface area (Å²) in [5.74, 6) is -2.56. The lowest BCUT2D eigenvalue weighted by Crippen LogP contribution is -2.40. The normalized spacial score (nSPS) is 11.2. The standard InChI is InChI=1S/C18H15ClN4O8/c1-10(20-17(25)11-3-2-4-13(7-11)22(27)28)18(26)31-9-16(24)21-14-6-5-12(19)8-15(14)23(29)30/h2-8,10H,9H2,1H3,(H,20,25)(H,21,24). The molecule has 0 aliphatic carbocycles. The molecule has 0 saturated carbocycles. The van der Waals surface area contributed by atoms with Gasteiger partial charge in [0.05, 0.1) is 9.85 Å². The maximum atomic E-state index is 12.1. The van der Waals surface area contributed by atoms with Crippen LogP contribution in [-0.4, -0.2) is 40.3 Å². The minimum Gasteiger partial charge on any atom is -0.454 e. The predicted octanol–water partition coefficient (Wildman–Crippen LogP) is 2.46. The fourth-order valence-corrected chi connectivity index (χ4v) is 2.48. The zero-order chi connectivity index (χ0) is 23.1. The van der Waals surface area contributed by atoms with Crippen LogP contribution in [0.25, 0.3) is 0 Å². The number of rotatable bonds is 8. The third-order valence-corrected chi connectivity index (χ3v) is 4.03. The quantitative estimate of drug-likeness (QED) is 0.350. The van der Waals surface area contributed by atoms with Crippen molar-refractivity contribution in [1.29, 1.82) is 0 Å². The molecule has 2 rings (SSSR count). The van der Waals surface area contributed by atoms with Gasteiger partial charge in [0.15, 0.2) is 6.61 Å². The Kier molecular flexibility index (Phi) is 7.58. The Labute approximate surface area is 179 Å². The summed E-state index contributed by atoms with van der Waals surface area (Å²) in [6.45, 7) is 0.523. The number of nitrogens with one attached hydrogen (secondary N) is 2. The summed E-state index contributed by atoms with van der Waals surface area (Å²) in [6, 6.07) is 7.32. The summed E-state index contributed by atoms with van der Waals surface area (Å²) >= 11 is 5.69. The Bertz CT molecular complexity index is 1060. The third-order valence-electron chi connectivity index (χ3n) is 3.80. The van der Waals surface area contributed by atoms with Crippen LogP contribution in [0.1, 0.15) is 17.3 Å². The van der Waals surface area contributed by atoms with Crippen molar-refractivity contribution in [2.24, 2.45) is 0 Å². The highest BCUT2D eigenvalue weighted by molar-refractivity contribution is 6.31. The lowest BCUT2D eigenvalue weighted by molar-refractivity contribution is -0.384. The van der Waals surface area contributed by atoms with Crippen molar-refractivity contribution in [2.45, 2.75) is 13.0 Å². The largest absolute Gasteiger partial charge is 0.454 e. The van der Waals surface area contributed by atoms with Crippen molar-refractivity contribution in [3.63, 3.8) is 0 Å². The Morgan fingerprint density at radius 2 is 1.81 bits per heavy atom. The molecule has 0 radical (unpaired) electrons. The van der Waals surface area contributed by atoms with Gasteiger partial charge < -0.3 is 15.4 Å². The molecule has 2 N–H and O–H groups in total. The van der Waals surface area contributed by atoms with Crippen LogP contribution in [0.15, 0.2) is 42.5 Å². The first-order valence-electron chi connectivity index (χ1n) is 8.54. The Hall–Kier alpha value is -4.06. The lowest BCUT2D eigenvalue weighted by atomic mass is 10.2. The van der Waals surface area contributed by atoms with Crippen molar-refractivity contribution in [3.05, 3.63) is 73.3 Å². The number of esters is 1. The zero-order valence-electron chi connectivity index (χ0n) is 15.9. The van der Waals surface area contributed by atoms with Gasteiger partial charge in [-0.2, -0.15) is 0 Å². The molecule has 1 unspecified atom stereocenters. The van der Waals surface area contributed by atoms with E-state index in [1.54, 1.807) is 0 Å². The van der Waals surface area contributed by atoms with E-state index < -0.39 is 46.0 Å².